The quantitative estimate of drug-likeness (QED) is 0.398. The summed E-state index contributed by atoms with van der Waals surface area (Å²) in [6.07, 6.45) is 6.30. The summed E-state index contributed by atoms with van der Waals surface area (Å²) in [6, 6.07) is 0. The standard InChI is InChI=1S/C9H14/c1-4-6-8-9(3)7-5-2/h6,8H,1,5,7H2,2-3H3. The van der Waals surface area contributed by atoms with Gasteiger partial charge in [0.05, 0.1) is 0 Å². The Morgan fingerprint density at radius 3 is 2.78 bits per heavy atom. The van der Waals surface area contributed by atoms with Gasteiger partial charge in [-0.25, -0.2) is 0 Å². The van der Waals surface area contributed by atoms with Crippen molar-refractivity contribution in [2.75, 3.05) is 0 Å². The molecule has 9 heavy (non-hydrogen) atoms. The Kier molecular flexibility index (Phi) is 4.95. The van der Waals surface area contributed by atoms with E-state index >= 15 is 0 Å². The molecule has 0 amide bonds. The highest BCUT2D eigenvalue weighted by Crippen LogP contribution is 2.01. The third-order valence-electron chi connectivity index (χ3n) is 1.13. The lowest BCUT2D eigenvalue weighted by atomic mass is 10.2. The van der Waals surface area contributed by atoms with E-state index in [0.717, 1.165) is 0 Å². The second-order valence-corrected chi connectivity index (χ2v) is 2.13. The van der Waals surface area contributed by atoms with Crippen LogP contribution in [0, 0.1) is 0 Å². The first-order valence-corrected chi connectivity index (χ1v) is 3.32. The Bertz CT molecular complexity index is 134. The lowest BCUT2D eigenvalue weighted by molar-refractivity contribution is 0.906. The molecule has 0 saturated carbocycles. The van der Waals surface area contributed by atoms with E-state index in [1.807, 2.05) is 6.08 Å². The van der Waals surface area contributed by atoms with Gasteiger partial charge >= 0.3 is 0 Å². The molecule has 0 radical (unpaired) electrons. The summed E-state index contributed by atoms with van der Waals surface area (Å²) < 4.78 is 0. The molecule has 0 aromatic rings. The van der Waals surface area contributed by atoms with E-state index in [2.05, 4.69) is 32.2 Å². The van der Waals surface area contributed by atoms with Crippen LogP contribution in [0.5, 0.6) is 0 Å². The maximum absolute atomic E-state index is 3.47. The minimum atomic E-state index is 1.18. The molecule has 0 heterocycles. The lowest BCUT2D eigenvalue weighted by Crippen LogP contribution is -1.71. The van der Waals surface area contributed by atoms with Gasteiger partial charge in [0.1, 0.15) is 0 Å². The first kappa shape index (κ1) is 8.26. The molecule has 0 atom stereocenters. The highest BCUT2D eigenvalue weighted by Gasteiger charge is 1.81. The van der Waals surface area contributed by atoms with Crippen LogP contribution in [0.2, 0.25) is 0 Å². The maximum Gasteiger partial charge on any atom is -0.0207 e. The van der Waals surface area contributed by atoms with E-state index in [9.17, 15) is 0 Å². The van der Waals surface area contributed by atoms with E-state index in [1.165, 1.54) is 18.4 Å². The molecule has 0 aromatic heterocycles. The van der Waals surface area contributed by atoms with Crippen molar-refractivity contribution >= 4 is 0 Å². The molecule has 0 heteroatoms. The summed E-state index contributed by atoms with van der Waals surface area (Å²) in [5.74, 6) is 0. The second kappa shape index (κ2) is 5.40. The van der Waals surface area contributed by atoms with Crippen molar-refractivity contribution in [2.24, 2.45) is 0 Å². The van der Waals surface area contributed by atoms with Gasteiger partial charge in [-0.1, -0.05) is 31.6 Å². The SMILES string of the molecule is C=C=CC=C(C)CCC. The van der Waals surface area contributed by atoms with Crippen LogP contribution in [0.15, 0.2) is 30.0 Å². The minimum Gasteiger partial charge on any atom is -0.129 e. The minimum absolute atomic E-state index is 1.18. The summed E-state index contributed by atoms with van der Waals surface area (Å²) in [6.45, 7) is 7.77. The van der Waals surface area contributed by atoms with Gasteiger partial charge in [-0.3, -0.25) is 0 Å². The van der Waals surface area contributed by atoms with Crippen molar-refractivity contribution < 1.29 is 0 Å². The van der Waals surface area contributed by atoms with Crippen molar-refractivity contribution in [1.82, 2.24) is 0 Å². The van der Waals surface area contributed by atoms with E-state index in [1.54, 1.807) is 0 Å². The van der Waals surface area contributed by atoms with Crippen LogP contribution < -0.4 is 0 Å². The predicted octanol–water partition coefficient (Wildman–Crippen LogP) is 3.07. The zero-order chi connectivity index (χ0) is 7.11. The normalized spacial score (nSPS) is 10.7. The van der Waals surface area contributed by atoms with Gasteiger partial charge in [0.25, 0.3) is 0 Å². The average Bonchev–Trinajstić information content (AvgIpc) is 1.85. The molecule has 0 aliphatic rings. The molecule has 0 nitrogen and oxygen atoms in total. The smallest absolute Gasteiger partial charge is 0.0207 e. The summed E-state index contributed by atoms with van der Waals surface area (Å²) in [7, 11) is 0. The van der Waals surface area contributed by atoms with Gasteiger partial charge < -0.3 is 0 Å². The fraction of sp³-hybridized carbons (Fsp3) is 0.444. The number of hydrogen-bond acceptors (Lipinski definition) is 0. The van der Waals surface area contributed by atoms with E-state index in [0.29, 0.717) is 0 Å². The molecule has 0 fully saturated rings. The molecule has 0 spiro atoms. The molecule has 0 N–H and O–H groups in total. The molecular formula is C9H14. The zero-order valence-electron chi connectivity index (χ0n) is 6.28. The van der Waals surface area contributed by atoms with Gasteiger partial charge in [0.15, 0.2) is 0 Å². The Morgan fingerprint density at radius 1 is 1.67 bits per heavy atom. The summed E-state index contributed by atoms with van der Waals surface area (Å²) in [4.78, 5) is 0. The summed E-state index contributed by atoms with van der Waals surface area (Å²) in [5.41, 5.74) is 4.10. The molecule has 0 unspecified atom stereocenters. The Hall–Kier alpha value is -0.740. The number of hydrogen-bond donors (Lipinski definition) is 0. The molecule has 0 aliphatic carbocycles. The van der Waals surface area contributed by atoms with Gasteiger partial charge in [-0.05, 0) is 19.4 Å². The van der Waals surface area contributed by atoms with E-state index < -0.39 is 0 Å². The van der Waals surface area contributed by atoms with Crippen molar-refractivity contribution in [2.45, 2.75) is 26.7 Å². The third kappa shape index (κ3) is 5.13. The van der Waals surface area contributed by atoms with Crippen molar-refractivity contribution in [1.29, 1.82) is 0 Å². The maximum atomic E-state index is 3.47. The zero-order valence-corrected chi connectivity index (χ0v) is 6.28. The molecular weight excluding hydrogens is 108 g/mol. The summed E-state index contributed by atoms with van der Waals surface area (Å²) in [5, 5.41) is 0. The first-order valence-electron chi connectivity index (χ1n) is 3.32. The second-order valence-electron chi connectivity index (χ2n) is 2.13. The largest absolute Gasteiger partial charge is 0.129 e. The molecule has 50 valence electrons. The van der Waals surface area contributed by atoms with Crippen molar-refractivity contribution in [3.05, 3.63) is 30.0 Å². The molecule has 0 bridgehead atoms. The lowest BCUT2D eigenvalue weighted by Gasteiger charge is -1.91. The van der Waals surface area contributed by atoms with Crippen LogP contribution in [0.4, 0.5) is 0 Å². The van der Waals surface area contributed by atoms with Gasteiger partial charge in [0.2, 0.25) is 0 Å². The Morgan fingerprint density at radius 2 is 2.33 bits per heavy atom. The fourth-order valence-corrected chi connectivity index (χ4v) is 0.679. The monoisotopic (exact) mass is 122 g/mol. The number of rotatable bonds is 3. The van der Waals surface area contributed by atoms with Crippen LogP contribution >= 0.6 is 0 Å². The van der Waals surface area contributed by atoms with Crippen LogP contribution in [0.3, 0.4) is 0 Å². The van der Waals surface area contributed by atoms with Crippen LogP contribution in [-0.2, 0) is 0 Å². The van der Waals surface area contributed by atoms with Gasteiger partial charge in [0, 0.05) is 0 Å². The molecule has 0 saturated heterocycles. The Balaban J connectivity index is 3.68. The van der Waals surface area contributed by atoms with Crippen LogP contribution in [0.25, 0.3) is 0 Å². The van der Waals surface area contributed by atoms with Gasteiger partial charge in [-0.2, -0.15) is 0 Å². The summed E-state index contributed by atoms with van der Waals surface area (Å²) >= 11 is 0. The molecule has 0 rings (SSSR count). The van der Waals surface area contributed by atoms with E-state index in [-0.39, 0.29) is 0 Å². The topological polar surface area (TPSA) is 0 Å². The highest BCUT2D eigenvalue weighted by atomic mass is 13.9. The van der Waals surface area contributed by atoms with Gasteiger partial charge in [-0.15, -0.1) is 5.73 Å². The average molecular weight is 122 g/mol. The fourth-order valence-electron chi connectivity index (χ4n) is 0.679. The highest BCUT2D eigenvalue weighted by molar-refractivity contribution is 5.08. The molecule has 0 aromatic carbocycles. The predicted molar refractivity (Wildman–Crippen MR) is 42.4 cm³/mol. The van der Waals surface area contributed by atoms with Crippen molar-refractivity contribution in [3.63, 3.8) is 0 Å². The Labute approximate surface area is 57.6 Å². The van der Waals surface area contributed by atoms with E-state index in [4.69, 9.17) is 0 Å². The third-order valence-corrected chi connectivity index (χ3v) is 1.13. The van der Waals surface area contributed by atoms with Crippen molar-refractivity contribution in [3.8, 4) is 0 Å². The first-order chi connectivity index (χ1) is 4.31. The number of allylic oxidation sites excluding steroid dienone is 3. The van der Waals surface area contributed by atoms with Crippen LogP contribution in [-0.4, -0.2) is 0 Å². The molecule has 0 aliphatic heterocycles. The van der Waals surface area contributed by atoms with Crippen LogP contribution in [0.1, 0.15) is 26.7 Å².